The number of nitrogens with one attached hydrogen (secondary N) is 3. The van der Waals surface area contributed by atoms with Crippen LogP contribution in [0, 0.1) is 35.0 Å². The molecule has 3 aliphatic rings. The van der Waals surface area contributed by atoms with Crippen molar-refractivity contribution in [2.75, 3.05) is 53.1 Å². The van der Waals surface area contributed by atoms with Crippen LogP contribution in [-0.2, 0) is 39.1 Å². The molecule has 4 rings (SSSR count). The summed E-state index contributed by atoms with van der Waals surface area (Å²) >= 11 is 1.52. The molecule has 1 aliphatic carbocycles. The molecule has 0 bridgehead atoms. The van der Waals surface area contributed by atoms with Crippen LogP contribution in [0.25, 0.3) is 5.32 Å². The maximum absolute atomic E-state index is 9.46. The van der Waals surface area contributed by atoms with Gasteiger partial charge in [0.25, 0.3) is 0 Å². The Morgan fingerprint density at radius 3 is 2.50 bits per heavy atom. The van der Waals surface area contributed by atoms with Crippen molar-refractivity contribution in [1.82, 2.24) is 15.1 Å². The van der Waals surface area contributed by atoms with E-state index in [-0.39, 0.29) is 56.2 Å². The number of hydrogen-bond acceptors (Lipinski definition) is 7. The second-order valence-corrected chi connectivity index (χ2v) is 10.1. The van der Waals surface area contributed by atoms with Gasteiger partial charge in [-0.15, -0.1) is 31.2 Å². The van der Waals surface area contributed by atoms with Crippen LogP contribution in [-0.4, -0.2) is 74.7 Å². The Morgan fingerprint density at radius 2 is 1.94 bits per heavy atom. The van der Waals surface area contributed by atoms with Crippen LogP contribution in [0.2, 0.25) is 0 Å². The van der Waals surface area contributed by atoms with Gasteiger partial charge in [0.1, 0.15) is 16.9 Å². The number of likely N-dealkylation sites (N-methyl/N-ethyl adjacent to an activating group) is 2. The third kappa shape index (κ3) is 7.50. The van der Waals surface area contributed by atoms with E-state index in [0.717, 1.165) is 37.9 Å². The molecule has 2 atom stereocenters. The van der Waals surface area contributed by atoms with E-state index in [4.69, 9.17) is 16.6 Å². The van der Waals surface area contributed by atoms with Gasteiger partial charge in [0, 0.05) is 82.8 Å². The molecule has 1 aromatic rings. The Balaban J connectivity index is 0.000000447. The van der Waals surface area contributed by atoms with Crippen LogP contribution in [0.4, 0.5) is 5.00 Å². The molecule has 1 radical (unpaired) electrons. The summed E-state index contributed by atoms with van der Waals surface area (Å²) in [6, 6.07) is 2.26. The zero-order chi connectivity index (χ0) is 26.1. The Morgan fingerprint density at radius 1 is 1.33 bits per heavy atom. The summed E-state index contributed by atoms with van der Waals surface area (Å²) in [5.41, 5.74) is 11.1. The van der Waals surface area contributed by atoms with Crippen molar-refractivity contribution in [2.24, 2.45) is 0 Å². The summed E-state index contributed by atoms with van der Waals surface area (Å²) in [7, 11) is 5.64. The summed E-state index contributed by atoms with van der Waals surface area (Å²) in [4.78, 5) is 5.37. The second-order valence-electron chi connectivity index (χ2n) is 8.96. The van der Waals surface area contributed by atoms with Gasteiger partial charge in [-0.2, -0.15) is 11.5 Å². The molecular weight excluding hydrogens is 545 g/mol. The molecule has 191 valence electrons. The topological polar surface area (TPSA) is 130 Å². The number of nitriles is 1. The summed E-state index contributed by atoms with van der Waals surface area (Å²) in [6.07, 6.45) is 14.0. The molecule has 8 nitrogen and oxygen atoms in total. The molecule has 0 spiro atoms. The standard InChI is InChI=1S/C17H23N6S.C7H12N2.C2H2.Y/c1-10(23(3)16(20)13(19)7-8-22-2)11-5-4-6-14-15(11)12(9-18)17(21)24-14;1-9-4-6-2-8-3-7(6)5-9;1-2;/h7-8,10-11,19-20H,4-6,21H2,1-3H3;8H,2-5H2,1H3;1-2H;/q-1;;;/b8-7+,19-13?,20-16?;;;. The summed E-state index contributed by atoms with van der Waals surface area (Å²) in [5.74, 6) is 0.297. The Labute approximate surface area is 245 Å². The van der Waals surface area contributed by atoms with E-state index >= 15 is 0 Å². The molecule has 1 aromatic heterocycles. The quantitative estimate of drug-likeness (QED) is 0.183. The van der Waals surface area contributed by atoms with Crippen molar-refractivity contribution in [3.05, 3.63) is 44.7 Å². The number of terminal acetylenes is 1. The molecular formula is C26H37N8SY-. The van der Waals surface area contributed by atoms with E-state index < -0.39 is 0 Å². The van der Waals surface area contributed by atoms with Crippen molar-refractivity contribution in [3.63, 3.8) is 0 Å². The third-order valence-corrected chi connectivity index (χ3v) is 7.83. The Kier molecular flexibility index (Phi) is 13.6. The molecule has 0 aromatic carbocycles. The van der Waals surface area contributed by atoms with Crippen LogP contribution < -0.4 is 11.1 Å². The minimum Gasteiger partial charge on any atom is -0.693 e. The van der Waals surface area contributed by atoms with Crippen LogP contribution in [0.1, 0.15) is 41.7 Å². The zero-order valence-corrected chi connectivity index (χ0v) is 25.4. The number of thiophene rings is 1. The van der Waals surface area contributed by atoms with Crippen LogP contribution in [0.5, 0.6) is 0 Å². The molecule has 3 heterocycles. The normalized spacial score (nSPS) is 18.9. The van der Waals surface area contributed by atoms with E-state index in [1.54, 1.807) is 23.1 Å². The van der Waals surface area contributed by atoms with Gasteiger partial charge >= 0.3 is 0 Å². The predicted octanol–water partition coefficient (Wildman–Crippen LogP) is 3.53. The van der Waals surface area contributed by atoms with E-state index in [2.05, 4.69) is 41.5 Å². The Hall–Kier alpha value is -2.01. The summed E-state index contributed by atoms with van der Waals surface area (Å²) < 4.78 is 0. The van der Waals surface area contributed by atoms with E-state index in [9.17, 15) is 5.26 Å². The van der Waals surface area contributed by atoms with E-state index in [1.807, 2.05) is 14.0 Å². The molecule has 0 saturated heterocycles. The number of nitrogens with zero attached hydrogens (tertiary/aromatic N) is 4. The van der Waals surface area contributed by atoms with Crippen molar-refractivity contribution in [3.8, 4) is 18.9 Å². The number of rotatable bonds is 5. The van der Waals surface area contributed by atoms with Crippen LogP contribution in [0.3, 0.4) is 0 Å². The third-order valence-electron chi connectivity index (χ3n) is 6.74. The maximum atomic E-state index is 9.46. The molecule has 36 heavy (non-hydrogen) atoms. The van der Waals surface area contributed by atoms with Crippen LogP contribution in [0.15, 0.2) is 23.4 Å². The van der Waals surface area contributed by atoms with Gasteiger partial charge < -0.3 is 21.3 Å². The van der Waals surface area contributed by atoms with Crippen molar-refractivity contribution in [1.29, 1.82) is 16.1 Å². The number of aryl methyl sites for hydroxylation is 1. The molecule has 5 N–H and O–H groups in total. The average molecular weight is 583 g/mol. The summed E-state index contributed by atoms with van der Waals surface area (Å²) in [6.45, 7) is 6.72. The fourth-order valence-electron chi connectivity index (χ4n) is 4.86. The number of hydrogen-bond donors (Lipinski definition) is 4. The van der Waals surface area contributed by atoms with E-state index in [0.29, 0.717) is 10.6 Å². The molecule has 2 unspecified atom stereocenters. The number of nitrogen functional groups attached to an aromatic ring is 1. The summed E-state index contributed by atoms with van der Waals surface area (Å²) in [5, 5.41) is 33.4. The Bertz CT molecular complexity index is 1030. The van der Waals surface area contributed by atoms with Gasteiger partial charge in [-0.3, -0.25) is 15.7 Å². The van der Waals surface area contributed by atoms with Gasteiger partial charge in [0.2, 0.25) is 0 Å². The SMILES string of the molecule is C#C.CN1CC2=C(CNC2)C1.C[N-]/C=C/C(=N)C(=N)N(C)C(C)C1CCCc2sc(N)c(C#N)c21.[Y]. The average Bonchev–Trinajstić information content (AvgIpc) is 3.54. The first kappa shape index (κ1) is 32.0. The first-order valence-corrected chi connectivity index (χ1v) is 12.5. The van der Waals surface area contributed by atoms with Crippen molar-refractivity contribution >= 4 is 27.9 Å². The van der Waals surface area contributed by atoms with Crippen molar-refractivity contribution < 1.29 is 32.7 Å². The molecule has 0 amide bonds. The predicted molar refractivity (Wildman–Crippen MR) is 148 cm³/mol. The number of fused-ring (bicyclic) bond motifs is 1. The van der Waals surface area contributed by atoms with E-state index in [1.165, 1.54) is 41.6 Å². The second kappa shape index (κ2) is 15.3. The molecule has 10 heteroatoms. The first-order valence-electron chi connectivity index (χ1n) is 11.7. The zero-order valence-electron chi connectivity index (χ0n) is 21.8. The molecule has 0 fully saturated rings. The number of anilines is 1. The monoisotopic (exact) mass is 582 g/mol. The van der Waals surface area contributed by atoms with Crippen LogP contribution >= 0.6 is 11.3 Å². The van der Waals surface area contributed by atoms with Gasteiger partial charge in [-0.1, -0.05) is 6.08 Å². The number of amidine groups is 1. The first-order chi connectivity index (χ1) is 16.8. The van der Waals surface area contributed by atoms with Crippen molar-refractivity contribution in [2.45, 2.75) is 38.1 Å². The van der Waals surface area contributed by atoms with Gasteiger partial charge in [-0.05, 0) is 49.9 Å². The fourth-order valence-corrected chi connectivity index (χ4v) is 6.00. The fraction of sp³-hybridized carbons (Fsp3) is 0.500. The minimum atomic E-state index is 0. The molecule has 0 saturated carbocycles. The van der Waals surface area contributed by atoms with Gasteiger partial charge in [0.05, 0.1) is 11.3 Å². The minimum absolute atomic E-state index is 0. The molecule has 2 aliphatic heterocycles. The maximum Gasteiger partial charge on any atom is 0.146 e. The van der Waals surface area contributed by atoms with Gasteiger partial charge in [-0.25, -0.2) is 0 Å². The smallest absolute Gasteiger partial charge is 0.146 e. The van der Waals surface area contributed by atoms with Gasteiger partial charge in [0.15, 0.2) is 0 Å². The largest absolute Gasteiger partial charge is 0.693 e. The number of nitrogens with two attached hydrogens (primary N) is 1.